The highest BCUT2D eigenvalue weighted by Crippen LogP contribution is 2.33. The van der Waals surface area contributed by atoms with E-state index in [2.05, 4.69) is 15.0 Å². The molecule has 1 N–H and O–H groups in total. The van der Waals surface area contributed by atoms with Gasteiger partial charge in [-0.15, -0.1) is 0 Å². The molecule has 1 aliphatic heterocycles. The Labute approximate surface area is 156 Å². The monoisotopic (exact) mass is 391 g/mol. The highest BCUT2D eigenvalue weighted by atomic mass is 19.4. The number of fused-ring (bicyclic) bond motifs is 1. The normalized spacial score (nSPS) is 17.4. The first kappa shape index (κ1) is 18.2. The molecule has 0 radical (unpaired) electrons. The summed E-state index contributed by atoms with van der Waals surface area (Å²) in [5, 5.41) is 0.111. The molecule has 3 aromatic rings. The first-order valence-corrected chi connectivity index (χ1v) is 8.71. The van der Waals surface area contributed by atoms with Gasteiger partial charge < -0.3 is 9.88 Å². The van der Waals surface area contributed by atoms with Crippen molar-refractivity contribution in [2.75, 3.05) is 6.54 Å². The number of alkyl halides is 3. The van der Waals surface area contributed by atoms with Crippen LogP contribution in [-0.4, -0.2) is 43.0 Å². The maximum absolute atomic E-state index is 13.2. The lowest BCUT2D eigenvalue weighted by molar-refractivity contribution is -0.141. The highest BCUT2D eigenvalue weighted by molar-refractivity contribution is 5.92. The molecule has 7 nitrogen and oxygen atoms in total. The predicted octanol–water partition coefficient (Wildman–Crippen LogP) is 2.66. The summed E-state index contributed by atoms with van der Waals surface area (Å²) in [6, 6.07) is 5.54. The summed E-state index contributed by atoms with van der Waals surface area (Å²) in [7, 11) is 0. The number of carbonyl (C=O) groups excluding carboxylic acids is 1. The fourth-order valence-corrected chi connectivity index (χ4v) is 3.58. The second-order valence-corrected chi connectivity index (χ2v) is 6.62. The second kappa shape index (κ2) is 6.77. The van der Waals surface area contributed by atoms with Crippen LogP contribution in [0.1, 0.15) is 35.2 Å². The van der Waals surface area contributed by atoms with Gasteiger partial charge in [0.15, 0.2) is 0 Å². The zero-order valence-electron chi connectivity index (χ0n) is 14.6. The quantitative estimate of drug-likeness (QED) is 0.744. The summed E-state index contributed by atoms with van der Waals surface area (Å²) in [4.78, 5) is 37.9. The van der Waals surface area contributed by atoms with Gasteiger partial charge in [0.05, 0.1) is 29.5 Å². The van der Waals surface area contributed by atoms with Crippen molar-refractivity contribution in [2.45, 2.75) is 31.6 Å². The molecule has 1 aromatic carbocycles. The number of hydrogen-bond acceptors (Lipinski definition) is 4. The molecule has 2 aromatic heterocycles. The summed E-state index contributed by atoms with van der Waals surface area (Å²) in [5.74, 6) is -0.438. The van der Waals surface area contributed by atoms with Crippen LogP contribution in [0.5, 0.6) is 0 Å². The van der Waals surface area contributed by atoms with Gasteiger partial charge in [-0.2, -0.15) is 13.2 Å². The van der Waals surface area contributed by atoms with Crippen molar-refractivity contribution in [3.05, 3.63) is 58.7 Å². The van der Waals surface area contributed by atoms with Crippen LogP contribution in [0, 0.1) is 0 Å². The van der Waals surface area contributed by atoms with Gasteiger partial charge in [-0.3, -0.25) is 14.2 Å². The minimum Gasteiger partial charge on any atom is -0.341 e. The van der Waals surface area contributed by atoms with Gasteiger partial charge in [-0.1, -0.05) is 12.1 Å². The van der Waals surface area contributed by atoms with Crippen LogP contribution in [0.25, 0.3) is 10.9 Å². The number of carbonyl (C=O) groups is 1. The number of hydrogen-bond donors (Lipinski definition) is 1. The standard InChI is InChI=1S/C18H16F3N5O2/c19-18(20,21)9-26-15(24-12-5-2-1-4-11(12)16(26)27)14-6-3-7-25(14)17(28)13-8-22-10-23-13/h1-2,4-5,8,10,14H,3,6-7,9H2,(H,22,23). The fraction of sp³-hybridized carbons (Fsp3) is 0.333. The number of para-hydroxylation sites is 1. The van der Waals surface area contributed by atoms with E-state index in [9.17, 15) is 22.8 Å². The molecular weight excluding hydrogens is 375 g/mol. The number of rotatable bonds is 3. The van der Waals surface area contributed by atoms with E-state index < -0.39 is 24.3 Å². The molecule has 0 aliphatic carbocycles. The number of aromatic nitrogens is 4. The molecule has 1 amide bonds. The second-order valence-electron chi connectivity index (χ2n) is 6.62. The predicted molar refractivity (Wildman–Crippen MR) is 93.7 cm³/mol. The summed E-state index contributed by atoms with van der Waals surface area (Å²) in [6.45, 7) is -1.10. The number of benzene rings is 1. The number of aromatic amines is 1. The van der Waals surface area contributed by atoms with Crippen molar-refractivity contribution in [3.63, 3.8) is 0 Å². The van der Waals surface area contributed by atoms with Gasteiger partial charge in [-0.05, 0) is 25.0 Å². The maximum Gasteiger partial charge on any atom is 0.406 e. The van der Waals surface area contributed by atoms with Crippen molar-refractivity contribution >= 4 is 16.8 Å². The minimum atomic E-state index is -4.60. The maximum atomic E-state index is 13.2. The molecule has 1 saturated heterocycles. The van der Waals surface area contributed by atoms with E-state index in [4.69, 9.17) is 0 Å². The number of imidazole rings is 1. The molecule has 0 spiro atoms. The Balaban J connectivity index is 1.85. The Kier molecular flexibility index (Phi) is 4.40. The molecule has 28 heavy (non-hydrogen) atoms. The van der Waals surface area contributed by atoms with Crippen LogP contribution in [0.2, 0.25) is 0 Å². The molecule has 1 fully saturated rings. The van der Waals surface area contributed by atoms with Gasteiger partial charge in [0, 0.05) is 6.54 Å². The Bertz CT molecular complexity index is 1080. The summed E-state index contributed by atoms with van der Waals surface area (Å²) in [5.41, 5.74) is -0.224. The van der Waals surface area contributed by atoms with Crippen LogP contribution in [-0.2, 0) is 6.54 Å². The van der Waals surface area contributed by atoms with Crippen molar-refractivity contribution in [1.82, 2.24) is 24.4 Å². The zero-order valence-corrected chi connectivity index (χ0v) is 14.6. The van der Waals surface area contributed by atoms with Gasteiger partial charge >= 0.3 is 6.18 Å². The van der Waals surface area contributed by atoms with Gasteiger partial charge in [0.25, 0.3) is 11.5 Å². The third-order valence-corrected chi connectivity index (χ3v) is 4.77. The Hall–Kier alpha value is -3.17. The fourth-order valence-electron chi connectivity index (χ4n) is 3.58. The first-order valence-electron chi connectivity index (χ1n) is 8.71. The topological polar surface area (TPSA) is 83.9 Å². The molecule has 146 valence electrons. The molecular formula is C18H16F3N5O2. The Morgan fingerprint density at radius 1 is 1.29 bits per heavy atom. The third-order valence-electron chi connectivity index (χ3n) is 4.77. The molecule has 10 heteroatoms. The molecule has 4 rings (SSSR count). The van der Waals surface area contributed by atoms with E-state index in [0.29, 0.717) is 29.5 Å². The van der Waals surface area contributed by atoms with Crippen molar-refractivity contribution in [3.8, 4) is 0 Å². The average Bonchev–Trinajstić information content (AvgIpc) is 3.34. The van der Waals surface area contributed by atoms with Crippen molar-refractivity contribution in [2.24, 2.45) is 0 Å². The summed E-state index contributed by atoms with van der Waals surface area (Å²) < 4.78 is 40.2. The minimum absolute atomic E-state index is 0.0496. The van der Waals surface area contributed by atoms with Gasteiger partial charge in [0.1, 0.15) is 18.1 Å². The third kappa shape index (κ3) is 3.25. The number of nitrogens with zero attached hydrogens (tertiary/aromatic N) is 4. The summed E-state index contributed by atoms with van der Waals surface area (Å²) >= 11 is 0. The van der Waals surface area contributed by atoms with E-state index in [1.807, 2.05) is 0 Å². The smallest absolute Gasteiger partial charge is 0.341 e. The highest BCUT2D eigenvalue weighted by Gasteiger charge is 2.37. The largest absolute Gasteiger partial charge is 0.406 e. The molecule has 1 unspecified atom stereocenters. The van der Waals surface area contributed by atoms with Crippen LogP contribution in [0.3, 0.4) is 0 Å². The van der Waals surface area contributed by atoms with E-state index in [1.165, 1.54) is 23.5 Å². The lowest BCUT2D eigenvalue weighted by Gasteiger charge is -2.26. The summed E-state index contributed by atoms with van der Waals surface area (Å²) in [6.07, 6.45) is -0.873. The SMILES string of the molecule is O=C(c1cnc[nH]1)N1CCCC1c1nc2ccccc2c(=O)n1CC(F)(F)F. The van der Waals surface area contributed by atoms with Crippen molar-refractivity contribution < 1.29 is 18.0 Å². The lowest BCUT2D eigenvalue weighted by Crippen LogP contribution is -2.38. The molecule has 1 atom stereocenters. The first-order chi connectivity index (χ1) is 13.3. The van der Waals surface area contributed by atoms with E-state index in [1.54, 1.807) is 18.2 Å². The Morgan fingerprint density at radius 2 is 2.07 bits per heavy atom. The number of amides is 1. The number of halogens is 3. The van der Waals surface area contributed by atoms with Crippen LogP contribution < -0.4 is 5.56 Å². The lowest BCUT2D eigenvalue weighted by atomic mass is 10.1. The average molecular weight is 391 g/mol. The van der Waals surface area contributed by atoms with Crippen LogP contribution in [0.15, 0.2) is 41.6 Å². The van der Waals surface area contributed by atoms with Crippen LogP contribution >= 0.6 is 0 Å². The number of H-pyrrole nitrogens is 1. The van der Waals surface area contributed by atoms with Crippen molar-refractivity contribution in [1.29, 1.82) is 0 Å². The van der Waals surface area contributed by atoms with E-state index in [-0.39, 0.29) is 22.8 Å². The van der Waals surface area contributed by atoms with Gasteiger partial charge in [-0.25, -0.2) is 9.97 Å². The molecule has 3 heterocycles. The molecule has 0 saturated carbocycles. The van der Waals surface area contributed by atoms with E-state index >= 15 is 0 Å². The van der Waals surface area contributed by atoms with Crippen LogP contribution in [0.4, 0.5) is 13.2 Å². The van der Waals surface area contributed by atoms with E-state index in [0.717, 1.165) is 0 Å². The Morgan fingerprint density at radius 3 is 2.79 bits per heavy atom. The molecule has 0 bridgehead atoms. The van der Waals surface area contributed by atoms with Gasteiger partial charge in [0.2, 0.25) is 0 Å². The molecule has 1 aliphatic rings. The number of likely N-dealkylation sites (tertiary alicyclic amines) is 1. The number of nitrogens with one attached hydrogen (secondary N) is 1. The zero-order chi connectivity index (χ0) is 19.9.